The highest BCUT2D eigenvalue weighted by molar-refractivity contribution is 6.01. The Labute approximate surface area is 89.0 Å². The van der Waals surface area contributed by atoms with E-state index in [4.69, 9.17) is 9.47 Å². The van der Waals surface area contributed by atoms with Gasteiger partial charge in [-0.15, -0.1) is 0 Å². The summed E-state index contributed by atoms with van der Waals surface area (Å²) >= 11 is 0. The van der Waals surface area contributed by atoms with Crippen LogP contribution < -0.4 is 9.47 Å². The molecule has 0 aliphatic heterocycles. The van der Waals surface area contributed by atoms with Gasteiger partial charge in [0.25, 0.3) is 0 Å². The van der Waals surface area contributed by atoms with Crippen LogP contribution in [0.25, 0.3) is 0 Å². The first kappa shape index (κ1) is 10.0. The highest BCUT2D eigenvalue weighted by Gasteiger charge is 2.25. The summed E-state index contributed by atoms with van der Waals surface area (Å²) in [5.74, 6) is 1.65. The van der Waals surface area contributed by atoms with Crippen LogP contribution in [-0.4, -0.2) is 19.5 Å². The SMILES string of the molecule is CCOc1ccc2c(c1OC)CCC2=O. The molecule has 3 nitrogen and oxygen atoms in total. The fourth-order valence-corrected chi connectivity index (χ4v) is 1.98. The van der Waals surface area contributed by atoms with E-state index in [0.717, 1.165) is 29.0 Å². The van der Waals surface area contributed by atoms with Crippen LogP contribution in [0.15, 0.2) is 12.1 Å². The van der Waals surface area contributed by atoms with Crippen molar-refractivity contribution in [3.63, 3.8) is 0 Å². The number of rotatable bonds is 3. The first-order valence-corrected chi connectivity index (χ1v) is 5.13. The Hall–Kier alpha value is -1.51. The molecular formula is C12H14O3. The lowest BCUT2D eigenvalue weighted by atomic mass is 10.1. The summed E-state index contributed by atoms with van der Waals surface area (Å²) in [5.41, 5.74) is 1.78. The zero-order chi connectivity index (χ0) is 10.8. The molecule has 0 aromatic heterocycles. The highest BCUT2D eigenvalue weighted by atomic mass is 16.5. The third-order valence-corrected chi connectivity index (χ3v) is 2.63. The average molecular weight is 206 g/mol. The number of carbonyl (C=O) groups excluding carboxylic acids is 1. The topological polar surface area (TPSA) is 35.5 Å². The monoisotopic (exact) mass is 206 g/mol. The van der Waals surface area contributed by atoms with Crippen LogP contribution in [0.2, 0.25) is 0 Å². The summed E-state index contributed by atoms with van der Waals surface area (Å²) in [7, 11) is 1.61. The van der Waals surface area contributed by atoms with Gasteiger partial charge in [-0.25, -0.2) is 0 Å². The van der Waals surface area contributed by atoms with Crippen LogP contribution in [0, 0.1) is 0 Å². The molecule has 0 heterocycles. The molecule has 1 aliphatic carbocycles. The third kappa shape index (κ3) is 1.58. The largest absolute Gasteiger partial charge is 0.493 e. The van der Waals surface area contributed by atoms with E-state index in [9.17, 15) is 4.79 Å². The third-order valence-electron chi connectivity index (χ3n) is 2.63. The fraction of sp³-hybridized carbons (Fsp3) is 0.417. The van der Waals surface area contributed by atoms with Gasteiger partial charge in [-0.1, -0.05) is 0 Å². The summed E-state index contributed by atoms with van der Waals surface area (Å²) in [5, 5.41) is 0. The van der Waals surface area contributed by atoms with Crippen molar-refractivity contribution < 1.29 is 14.3 Å². The van der Waals surface area contributed by atoms with Crippen molar-refractivity contribution in [1.29, 1.82) is 0 Å². The van der Waals surface area contributed by atoms with E-state index in [1.807, 2.05) is 19.1 Å². The Bertz CT molecular complexity index is 396. The molecule has 0 N–H and O–H groups in total. The molecule has 0 bridgehead atoms. The van der Waals surface area contributed by atoms with Crippen LogP contribution in [-0.2, 0) is 6.42 Å². The molecule has 1 aromatic rings. The maximum absolute atomic E-state index is 11.5. The van der Waals surface area contributed by atoms with E-state index in [0.29, 0.717) is 13.0 Å². The van der Waals surface area contributed by atoms with Crippen molar-refractivity contribution in [1.82, 2.24) is 0 Å². The molecule has 0 amide bonds. The Kier molecular flexibility index (Phi) is 2.62. The highest BCUT2D eigenvalue weighted by Crippen LogP contribution is 2.38. The van der Waals surface area contributed by atoms with E-state index in [1.165, 1.54) is 0 Å². The van der Waals surface area contributed by atoms with Crippen molar-refractivity contribution in [2.45, 2.75) is 19.8 Å². The molecule has 80 valence electrons. The van der Waals surface area contributed by atoms with Gasteiger partial charge in [0.2, 0.25) is 0 Å². The zero-order valence-corrected chi connectivity index (χ0v) is 9.00. The molecule has 0 fully saturated rings. The minimum absolute atomic E-state index is 0.200. The van der Waals surface area contributed by atoms with Crippen LogP contribution >= 0.6 is 0 Å². The smallest absolute Gasteiger partial charge is 0.164 e. The number of hydrogen-bond acceptors (Lipinski definition) is 3. The predicted octanol–water partition coefficient (Wildman–Crippen LogP) is 2.22. The number of Topliss-reactive ketones (excluding diaryl/α,β-unsaturated/α-hetero) is 1. The Morgan fingerprint density at radius 3 is 2.80 bits per heavy atom. The van der Waals surface area contributed by atoms with Gasteiger partial charge < -0.3 is 9.47 Å². The summed E-state index contributed by atoms with van der Waals surface area (Å²) in [6.07, 6.45) is 1.35. The fourth-order valence-electron chi connectivity index (χ4n) is 1.98. The van der Waals surface area contributed by atoms with Crippen molar-refractivity contribution in [3.05, 3.63) is 23.3 Å². The number of hydrogen-bond donors (Lipinski definition) is 0. The number of ketones is 1. The van der Waals surface area contributed by atoms with Crippen LogP contribution in [0.4, 0.5) is 0 Å². The summed E-state index contributed by atoms with van der Waals surface area (Å²) < 4.78 is 10.8. The molecule has 0 radical (unpaired) electrons. The molecule has 0 saturated carbocycles. The molecule has 0 saturated heterocycles. The summed E-state index contributed by atoms with van der Waals surface area (Å²) in [6, 6.07) is 3.64. The first-order chi connectivity index (χ1) is 7.27. The predicted molar refractivity (Wildman–Crippen MR) is 56.8 cm³/mol. The molecule has 0 atom stereocenters. The van der Waals surface area contributed by atoms with Crippen molar-refractivity contribution in [3.8, 4) is 11.5 Å². The lowest BCUT2D eigenvalue weighted by Crippen LogP contribution is -1.99. The van der Waals surface area contributed by atoms with Gasteiger partial charge in [0.15, 0.2) is 17.3 Å². The van der Waals surface area contributed by atoms with Gasteiger partial charge >= 0.3 is 0 Å². The Morgan fingerprint density at radius 1 is 1.33 bits per heavy atom. The molecule has 3 heteroatoms. The van der Waals surface area contributed by atoms with Gasteiger partial charge in [0, 0.05) is 17.5 Å². The van der Waals surface area contributed by atoms with Gasteiger partial charge in [0.05, 0.1) is 13.7 Å². The minimum Gasteiger partial charge on any atom is -0.493 e. The van der Waals surface area contributed by atoms with E-state index < -0.39 is 0 Å². The maximum atomic E-state index is 11.5. The zero-order valence-electron chi connectivity index (χ0n) is 9.00. The van der Waals surface area contributed by atoms with Crippen LogP contribution in [0.3, 0.4) is 0 Å². The molecular weight excluding hydrogens is 192 g/mol. The molecule has 0 unspecified atom stereocenters. The molecule has 0 spiro atoms. The Balaban J connectivity index is 2.50. The van der Waals surface area contributed by atoms with E-state index >= 15 is 0 Å². The normalized spacial score (nSPS) is 13.9. The van der Waals surface area contributed by atoms with E-state index in [2.05, 4.69) is 0 Å². The van der Waals surface area contributed by atoms with Crippen LogP contribution in [0.5, 0.6) is 11.5 Å². The van der Waals surface area contributed by atoms with Gasteiger partial charge in [-0.05, 0) is 25.5 Å². The Morgan fingerprint density at radius 2 is 2.13 bits per heavy atom. The molecule has 1 aromatic carbocycles. The summed E-state index contributed by atoms with van der Waals surface area (Å²) in [4.78, 5) is 11.5. The van der Waals surface area contributed by atoms with Crippen molar-refractivity contribution in [2.75, 3.05) is 13.7 Å². The molecule has 1 aliphatic rings. The van der Waals surface area contributed by atoms with Crippen molar-refractivity contribution in [2.24, 2.45) is 0 Å². The molecule has 15 heavy (non-hydrogen) atoms. The minimum atomic E-state index is 0.200. The quantitative estimate of drug-likeness (QED) is 0.760. The number of ether oxygens (including phenoxy) is 2. The first-order valence-electron chi connectivity index (χ1n) is 5.13. The second-order valence-electron chi connectivity index (χ2n) is 3.48. The number of methoxy groups -OCH3 is 1. The maximum Gasteiger partial charge on any atom is 0.164 e. The second-order valence-corrected chi connectivity index (χ2v) is 3.48. The lowest BCUT2D eigenvalue weighted by Gasteiger charge is -2.12. The lowest BCUT2D eigenvalue weighted by molar-refractivity contribution is 0.0994. The summed E-state index contributed by atoms with van der Waals surface area (Å²) in [6.45, 7) is 2.53. The molecule has 2 rings (SSSR count). The second kappa shape index (κ2) is 3.93. The van der Waals surface area contributed by atoms with Crippen LogP contribution in [0.1, 0.15) is 29.3 Å². The number of fused-ring (bicyclic) bond motifs is 1. The van der Waals surface area contributed by atoms with Gasteiger partial charge in [-0.2, -0.15) is 0 Å². The van der Waals surface area contributed by atoms with Crippen molar-refractivity contribution >= 4 is 5.78 Å². The van der Waals surface area contributed by atoms with Gasteiger partial charge in [0.1, 0.15) is 0 Å². The standard InChI is InChI=1S/C12H14O3/c1-3-15-11-7-5-8-9(12(11)14-2)4-6-10(8)13/h5,7H,3-4,6H2,1-2H3. The van der Waals surface area contributed by atoms with E-state index in [-0.39, 0.29) is 5.78 Å². The number of carbonyl (C=O) groups is 1. The van der Waals surface area contributed by atoms with E-state index in [1.54, 1.807) is 7.11 Å². The van der Waals surface area contributed by atoms with Gasteiger partial charge in [-0.3, -0.25) is 4.79 Å². The number of benzene rings is 1. The average Bonchev–Trinajstić information content (AvgIpc) is 2.61.